The molecule has 3 aliphatic carbocycles. The Hall–Kier alpha value is -8.20. The van der Waals surface area contributed by atoms with Crippen molar-refractivity contribution in [1.29, 1.82) is 0 Å². The van der Waals surface area contributed by atoms with Crippen molar-refractivity contribution in [1.82, 2.24) is 0 Å². The van der Waals surface area contributed by atoms with Crippen LogP contribution in [0, 0.1) is 0 Å². The van der Waals surface area contributed by atoms with E-state index in [4.69, 9.17) is 4.42 Å². The van der Waals surface area contributed by atoms with Gasteiger partial charge in [0.15, 0.2) is 5.58 Å². The summed E-state index contributed by atoms with van der Waals surface area (Å²) in [7, 11) is 0. The molecule has 0 amide bonds. The molecule has 14 rings (SSSR count). The number of para-hydroxylation sites is 1. The van der Waals surface area contributed by atoms with Crippen molar-refractivity contribution in [2.75, 3.05) is 4.90 Å². The highest BCUT2D eigenvalue weighted by molar-refractivity contribution is 6.16. The molecule has 3 aliphatic rings. The predicted octanol–water partition coefficient (Wildman–Crippen LogP) is 17.1. The van der Waals surface area contributed by atoms with Crippen molar-refractivity contribution in [3.8, 4) is 33.4 Å². The summed E-state index contributed by atoms with van der Waals surface area (Å²) in [6.07, 6.45) is 6.88. The third-order valence-corrected chi connectivity index (χ3v) is 14.5. The minimum Gasteiger partial charge on any atom is -0.454 e. The fraction of sp³-hybridized carbons (Fsp3) is 0.0476. The van der Waals surface area contributed by atoms with Crippen LogP contribution in [0.5, 0.6) is 0 Å². The average molecular weight is 828 g/mol. The van der Waals surface area contributed by atoms with Crippen LogP contribution in [0.25, 0.3) is 82.4 Å². The van der Waals surface area contributed by atoms with E-state index in [2.05, 4.69) is 229 Å². The van der Waals surface area contributed by atoms with E-state index in [1.54, 1.807) is 0 Å². The number of fused-ring (bicyclic) bond motifs is 14. The Balaban J connectivity index is 1.09. The Bertz CT molecular complexity index is 3690. The highest BCUT2D eigenvalue weighted by Gasteiger charge is 2.55. The summed E-state index contributed by atoms with van der Waals surface area (Å²) in [4.78, 5) is 2.50. The number of anilines is 3. The van der Waals surface area contributed by atoms with Crippen molar-refractivity contribution in [3.63, 3.8) is 0 Å². The van der Waals surface area contributed by atoms with Crippen LogP contribution < -0.4 is 4.90 Å². The molecule has 0 bridgehead atoms. The summed E-state index contributed by atoms with van der Waals surface area (Å²) < 4.78 is 7.27. The largest absolute Gasteiger partial charge is 0.454 e. The first-order valence-electron chi connectivity index (χ1n) is 22.8. The van der Waals surface area contributed by atoms with Crippen LogP contribution in [0.3, 0.4) is 0 Å². The summed E-state index contributed by atoms with van der Waals surface area (Å²) in [5, 5.41) is 7.20. The highest BCUT2D eigenvalue weighted by atomic mass is 16.3. The van der Waals surface area contributed by atoms with Crippen molar-refractivity contribution in [2.45, 2.75) is 18.3 Å². The molecule has 0 radical (unpaired) electrons. The molecule has 65 heavy (non-hydrogen) atoms. The third kappa shape index (κ3) is 5.11. The maximum atomic E-state index is 7.27. The molecule has 0 N–H and O–H groups in total. The Morgan fingerprint density at radius 2 is 0.954 bits per heavy atom. The van der Waals surface area contributed by atoms with Gasteiger partial charge in [-0.15, -0.1) is 0 Å². The van der Waals surface area contributed by atoms with Gasteiger partial charge in [0, 0.05) is 27.7 Å². The second-order valence-corrected chi connectivity index (χ2v) is 17.8. The van der Waals surface area contributed by atoms with Crippen LogP contribution in [0.1, 0.15) is 35.1 Å². The monoisotopic (exact) mass is 827 g/mol. The molecule has 0 fully saturated rings. The summed E-state index contributed by atoms with van der Waals surface area (Å²) in [6, 6.07) is 78.4. The molecule has 1 unspecified atom stereocenters. The van der Waals surface area contributed by atoms with Gasteiger partial charge < -0.3 is 9.32 Å². The molecule has 2 nitrogen and oxygen atoms in total. The standard InChI is InChI=1S/C63H41NO/c1-3-19-46-40(15-1)17-13-25-48(46)42-31-35-44(36-32-42)64(45-37-33-43(34-38-45)49-26-14-18-41-16-2-4-20-47(41)49)61-60-54(39-55-53-24-8-12-30-59(53)65-62(55)61)52-23-7-11-29-58(52)63(60)56-27-9-5-21-50(56)51-22-6-10-28-57(51)63/h1-5,7-21,23-39H,6,22H2. The minimum absolute atomic E-state index is 0.568. The molecule has 1 aromatic heterocycles. The molecule has 1 spiro atoms. The van der Waals surface area contributed by atoms with E-state index in [0.29, 0.717) is 0 Å². The van der Waals surface area contributed by atoms with E-state index >= 15 is 0 Å². The van der Waals surface area contributed by atoms with Gasteiger partial charge in [-0.25, -0.2) is 0 Å². The number of benzene rings is 10. The maximum Gasteiger partial charge on any atom is 0.159 e. The molecular formula is C63H41NO. The molecule has 1 heterocycles. The zero-order valence-electron chi connectivity index (χ0n) is 35.6. The van der Waals surface area contributed by atoms with Gasteiger partial charge in [-0.05, 0) is 132 Å². The minimum atomic E-state index is -0.568. The molecular weight excluding hydrogens is 787 g/mol. The van der Waals surface area contributed by atoms with Crippen LogP contribution in [0.2, 0.25) is 0 Å². The number of hydrogen-bond acceptors (Lipinski definition) is 2. The van der Waals surface area contributed by atoms with Crippen molar-refractivity contribution in [2.24, 2.45) is 0 Å². The predicted molar refractivity (Wildman–Crippen MR) is 271 cm³/mol. The highest BCUT2D eigenvalue weighted by Crippen LogP contribution is 2.67. The van der Waals surface area contributed by atoms with Crippen LogP contribution in [0.15, 0.2) is 234 Å². The molecule has 304 valence electrons. The topological polar surface area (TPSA) is 16.4 Å². The molecule has 0 saturated carbocycles. The van der Waals surface area contributed by atoms with Crippen molar-refractivity contribution in [3.05, 3.63) is 252 Å². The van der Waals surface area contributed by atoms with Gasteiger partial charge in [-0.3, -0.25) is 0 Å². The van der Waals surface area contributed by atoms with Crippen LogP contribution in [-0.4, -0.2) is 0 Å². The second-order valence-electron chi connectivity index (χ2n) is 17.8. The Morgan fingerprint density at radius 1 is 0.431 bits per heavy atom. The summed E-state index contributed by atoms with van der Waals surface area (Å²) in [5.41, 5.74) is 19.9. The smallest absolute Gasteiger partial charge is 0.159 e. The van der Waals surface area contributed by atoms with Gasteiger partial charge in [0.1, 0.15) is 5.58 Å². The number of rotatable bonds is 5. The lowest BCUT2D eigenvalue weighted by atomic mass is 9.68. The fourth-order valence-corrected chi connectivity index (χ4v) is 11.8. The number of furan rings is 1. The fourth-order valence-electron chi connectivity index (χ4n) is 11.8. The molecule has 2 heteroatoms. The lowest BCUT2D eigenvalue weighted by Gasteiger charge is -2.37. The van der Waals surface area contributed by atoms with Crippen LogP contribution >= 0.6 is 0 Å². The summed E-state index contributed by atoms with van der Waals surface area (Å²) in [5.74, 6) is 0. The first kappa shape index (κ1) is 36.3. The van der Waals surface area contributed by atoms with Gasteiger partial charge in [-0.1, -0.05) is 188 Å². The Morgan fingerprint density at radius 3 is 1.62 bits per heavy atom. The second kappa shape index (κ2) is 13.9. The number of allylic oxidation sites excluding steroid dienone is 4. The van der Waals surface area contributed by atoms with Crippen LogP contribution in [0.4, 0.5) is 17.1 Å². The normalized spacial score (nSPS) is 15.8. The number of nitrogens with zero attached hydrogens (tertiary/aromatic N) is 1. The lowest BCUT2D eigenvalue weighted by molar-refractivity contribution is 0.666. The average Bonchev–Trinajstić information content (AvgIpc) is 4.00. The van der Waals surface area contributed by atoms with Crippen molar-refractivity contribution < 1.29 is 4.42 Å². The third-order valence-electron chi connectivity index (χ3n) is 14.5. The SMILES string of the molecule is C1=CC2=C(CC1)c1ccccc1C21c2ccccc2-c2cc3c(oc4ccccc43)c(N(c3ccc(-c4cccc5ccccc45)cc3)c3ccc(-c4cccc5ccccc45)cc3)c21. The van der Waals surface area contributed by atoms with Gasteiger partial charge >= 0.3 is 0 Å². The van der Waals surface area contributed by atoms with Gasteiger partial charge in [0.2, 0.25) is 0 Å². The van der Waals surface area contributed by atoms with E-state index < -0.39 is 5.41 Å². The Labute approximate surface area is 377 Å². The molecule has 0 saturated heterocycles. The van der Waals surface area contributed by atoms with E-state index in [-0.39, 0.29) is 0 Å². The van der Waals surface area contributed by atoms with Gasteiger partial charge in [-0.2, -0.15) is 0 Å². The quantitative estimate of drug-likeness (QED) is 0.172. The molecule has 11 aromatic rings. The summed E-state index contributed by atoms with van der Waals surface area (Å²) >= 11 is 0. The summed E-state index contributed by atoms with van der Waals surface area (Å²) in [6.45, 7) is 0. The van der Waals surface area contributed by atoms with Gasteiger partial charge in [0.25, 0.3) is 0 Å². The molecule has 1 atom stereocenters. The van der Waals surface area contributed by atoms with E-state index in [0.717, 1.165) is 51.8 Å². The van der Waals surface area contributed by atoms with Crippen molar-refractivity contribution >= 4 is 66.1 Å². The first-order chi connectivity index (χ1) is 32.3. The van der Waals surface area contributed by atoms with E-state index in [9.17, 15) is 0 Å². The van der Waals surface area contributed by atoms with E-state index in [1.165, 1.54) is 88.3 Å². The maximum absolute atomic E-state index is 7.27. The zero-order valence-corrected chi connectivity index (χ0v) is 35.6. The lowest BCUT2D eigenvalue weighted by Crippen LogP contribution is -2.29. The van der Waals surface area contributed by atoms with E-state index in [1.807, 2.05) is 0 Å². The van der Waals surface area contributed by atoms with Gasteiger partial charge in [0.05, 0.1) is 11.1 Å². The van der Waals surface area contributed by atoms with Crippen LogP contribution in [-0.2, 0) is 5.41 Å². The molecule has 10 aromatic carbocycles. The Kier molecular flexibility index (Phi) is 7.76. The number of hydrogen-bond donors (Lipinski definition) is 0. The first-order valence-corrected chi connectivity index (χ1v) is 22.8. The molecule has 0 aliphatic heterocycles. The zero-order chi connectivity index (χ0) is 42.6.